The standard InChI is InChI=1S/C20H20N4O2/c21-17-12-11-16-18(22-17)24(15-9-5-2-6-10-15)20(26)23(19(16)25)13-14-7-3-1-4-8-14/h1,3-5,7-9,11-12,15H,2,6,10,13H2,(H2,21,22). The predicted molar refractivity (Wildman–Crippen MR) is 102 cm³/mol. The van der Waals surface area contributed by atoms with Crippen LogP contribution in [0.25, 0.3) is 11.0 Å². The quantitative estimate of drug-likeness (QED) is 0.737. The second-order valence-corrected chi connectivity index (χ2v) is 6.56. The first-order chi connectivity index (χ1) is 12.6. The number of fused-ring (bicyclic) bond motifs is 1. The summed E-state index contributed by atoms with van der Waals surface area (Å²) in [5.74, 6) is 0.297. The minimum atomic E-state index is -0.346. The summed E-state index contributed by atoms with van der Waals surface area (Å²) in [6.07, 6.45) is 6.93. The predicted octanol–water partition coefficient (Wildman–Crippen LogP) is 2.47. The molecule has 2 heterocycles. The van der Waals surface area contributed by atoms with Crippen molar-refractivity contribution in [2.75, 3.05) is 5.73 Å². The van der Waals surface area contributed by atoms with Gasteiger partial charge in [0.2, 0.25) is 0 Å². The first-order valence-electron chi connectivity index (χ1n) is 8.77. The van der Waals surface area contributed by atoms with E-state index in [2.05, 4.69) is 11.1 Å². The molecule has 1 atom stereocenters. The molecule has 1 aliphatic rings. The van der Waals surface area contributed by atoms with Gasteiger partial charge in [-0.2, -0.15) is 0 Å². The van der Waals surface area contributed by atoms with Crippen molar-refractivity contribution in [2.24, 2.45) is 0 Å². The van der Waals surface area contributed by atoms with Crippen molar-refractivity contribution in [1.82, 2.24) is 14.1 Å². The van der Waals surface area contributed by atoms with Crippen LogP contribution in [0, 0.1) is 0 Å². The third kappa shape index (κ3) is 2.83. The zero-order valence-corrected chi connectivity index (χ0v) is 14.3. The van der Waals surface area contributed by atoms with Crippen molar-refractivity contribution in [3.63, 3.8) is 0 Å². The van der Waals surface area contributed by atoms with Crippen LogP contribution in [0.15, 0.2) is 64.2 Å². The van der Waals surface area contributed by atoms with E-state index >= 15 is 0 Å². The van der Waals surface area contributed by atoms with E-state index in [-0.39, 0.29) is 23.8 Å². The van der Waals surface area contributed by atoms with Gasteiger partial charge in [0.1, 0.15) is 5.82 Å². The molecule has 1 unspecified atom stereocenters. The van der Waals surface area contributed by atoms with Gasteiger partial charge in [0.25, 0.3) is 5.56 Å². The Labute approximate surface area is 150 Å². The fourth-order valence-corrected chi connectivity index (χ4v) is 3.48. The molecule has 0 amide bonds. The molecule has 0 bridgehead atoms. The molecule has 0 fully saturated rings. The Kier molecular flexibility index (Phi) is 4.16. The van der Waals surface area contributed by atoms with Gasteiger partial charge in [-0.1, -0.05) is 42.5 Å². The smallest absolute Gasteiger partial charge is 0.333 e. The van der Waals surface area contributed by atoms with E-state index in [4.69, 9.17) is 5.73 Å². The van der Waals surface area contributed by atoms with Crippen LogP contribution in [0.1, 0.15) is 30.9 Å². The molecular formula is C20H20N4O2. The highest BCUT2D eigenvalue weighted by Gasteiger charge is 2.20. The Balaban J connectivity index is 1.99. The number of nitrogens with two attached hydrogens (primary N) is 1. The highest BCUT2D eigenvalue weighted by molar-refractivity contribution is 5.75. The van der Waals surface area contributed by atoms with Crippen molar-refractivity contribution in [3.8, 4) is 0 Å². The van der Waals surface area contributed by atoms with Gasteiger partial charge in [-0.3, -0.25) is 13.9 Å². The summed E-state index contributed by atoms with van der Waals surface area (Å²) in [6, 6.07) is 12.6. The van der Waals surface area contributed by atoms with Crippen molar-refractivity contribution < 1.29 is 0 Å². The van der Waals surface area contributed by atoms with E-state index < -0.39 is 0 Å². The van der Waals surface area contributed by atoms with E-state index in [0.29, 0.717) is 16.9 Å². The molecule has 1 aliphatic carbocycles. The number of nitrogens with zero attached hydrogens (tertiary/aromatic N) is 3. The Bertz CT molecular complexity index is 1100. The molecule has 6 heteroatoms. The molecule has 2 N–H and O–H groups in total. The van der Waals surface area contributed by atoms with Crippen molar-refractivity contribution in [1.29, 1.82) is 0 Å². The van der Waals surface area contributed by atoms with Crippen LogP contribution in [0.3, 0.4) is 0 Å². The van der Waals surface area contributed by atoms with E-state index in [1.807, 2.05) is 36.4 Å². The molecule has 6 nitrogen and oxygen atoms in total. The Morgan fingerprint density at radius 1 is 1.12 bits per heavy atom. The minimum Gasteiger partial charge on any atom is -0.384 e. The van der Waals surface area contributed by atoms with Gasteiger partial charge in [-0.05, 0) is 37.0 Å². The number of nitrogen functional groups attached to an aromatic ring is 1. The first kappa shape index (κ1) is 16.3. The van der Waals surface area contributed by atoms with Crippen LogP contribution in [-0.4, -0.2) is 14.1 Å². The average molecular weight is 348 g/mol. The summed E-state index contributed by atoms with van der Waals surface area (Å²) >= 11 is 0. The molecule has 0 saturated carbocycles. The van der Waals surface area contributed by atoms with E-state index in [9.17, 15) is 9.59 Å². The number of hydrogen-bond acceptors (Lipinski definition) is 4. The van der Waals surface area contributed by atoms with Gasteiger partial charge >= 0.3 is 5.69 Å². The largest absolute Gasteiger partial charge is 0.384 e. The van der Waals surface area contributed by atoms with Gasteiger partial charge < -0.3 is 5.73 Å². The normalized spacial score (nSPS) is 16.8. The lowest BCUT2D eigenvalue weighted by Gasteiger charge is -2.22. The van der Waals surface area contributed by atoms with Crippen LogP contribution in [0.2, 0.25) is 0 Å². The molecule has 0 saturated heterocycles. The average Bonchev–Trinajstić information content (AvgIpc) is 2.67. The van der Waals surface area contributed by atoms with Crippen LogP contribution >= 0.6 is 0 Å². The first-order valence-corrected chi connectivity index (χ1v) is 8.77. The minimum absolute atomic E-state index is 0.115. The van der Waals surface area contributed by atoms with Crippen molar-refractivity contribution in [2.45, 2.75) is 31.8 Å². The Morgan fingerprint density at radius 3 is 2.65 bits per heavy atom. The van der Waals surface area contributed by atoms with Crippen LogP contribution in [0.5, 0.6) is 0 Å². The lowest BCUT2D eigenvalue weighted by atomic mass is 10.0. The van der Waals surface area contributed by atoms with Gasteiger partial charge in [0.15, 0.2) is 5.65 Å². The van der Waals surface area contributed by atoms with Crippen molar-refractivity contribution in [3.05, 3.63) is 81.0 Å². The Morgan fingerprint density at radius 2 is 1.92 bits per heavy atom. The highest BCUT2D eigenvalue weighted by Crippen LogP contribution is 2.23. The number of allylic oxidation sites excluding steroid dienone is 2. The third-order valence-electron chi connectivity index (χ3n) is 4.78. The molecule has 4 rings (SSSR count). The number of anilines is 1. The third-order valence-corrected chi connectivity index (χ3v) is 4.78. The molecule has 0 aliphatic heterocycles. The lowest BCUT2D eigenvalue weighted by molar-refractivity contribution is 0.487. The molecular weight excluding hydrogens is 328 g/mol. The van der Waals surface area contributed by atoms with Gasteiger partial charge in [-0.15, -0.1) is 0 Å². The number of rotatable bonds is 3. The number of benzene rings is 1. The maximum Gasteiger partial charge on any atom is 0.333 e. The summed E-state index contributed by atoms with van der Waals surface area (Å²) in [4.78, 5) is 30.5. The summed E-state index contributed by atoms with van der Waals surface area (Å²) < 4.78 is 2.91. The SMILES string of the molecule is Nc1ccc2c(=O)n(Cc3ccccc3)c(=O)n(C3C=CCCC3)c2n1. The molecule has 2 aromatic heterocycles. The fraction of sp³-hybridized carbons (Fsp3) is 0.250. The molecule has 1 aromatic carbocycles. The maximum absolute atomic E-state index is 13.2. The van der Waals surface area contributed by atoms with Gasteiger partial charge in [0, 0.05) is 0 Å². The van der Waals surface area contributed by atoms with Crippen LogP contribution in [0.4, 0.5) is 5.82 Å². The molecule has 0 radical (unpaired) electrons. The second-order valence-electron chi connectivity index (χ2n) is 6.56. The number of hydrogen-bond donors (Lipinski definition) is 1. The van der Waals surface area contributed by atoms with Crippen LogP contribution in [-0.2, 0) is 6.54 Å². The molecule has 26 heavy (non-hydrogen) atoms. The van der Waals surface area contributed by atoms with E-state index in [1.165, 1.54) is 4.57 Å². The molecule has 3 aromatic rings. The molecule has 0 spiro atoms. The van der Waals surface area contributed by atoms with Crippen LogP contribution < -0.4 is 17.0 Å². The summed E-state index contributed by atoms with van der Waals surface area (Å²) in [5, 5.41) is 0.411. The molecule has 132 valence electrons. The monoisotopic (exact) mass is 348 g/mol. The van der Waals surface area contributed by atoms with E-state index in [1.54, 1.807) is 16.7 Å². The summed E-state index contributed by atoms with van der Waals surface area (Å²) in [6.45, 7) is 0.231. The topological polar surface area (TPSA) is 82.9 Å². The van der Waals surface area contributed by atoms with Gasteiger partial charge in [0.05, 0.1) is 18.0 Å². The summed E-state index contributed by atoms with van der Waals surface area (Å²) in [5.41, 5.74) is 6.41. The summed E-state index contributed by atoms with van der Waals surface area (Å²) in [7, 11) is 0. The highest BCUT2D eigenvalue weighted by atomic mass is 16.2. The maximum atomic E-state index is 13.2. The zero-order valence-electron chi connectivity index (χ0n) is 14.3. The van der Waals surface area contributed by atoms with Crippen molar-refractivity contribution >= 4 is 16.9 Å². The second kappa shape index (κ2) is 6.63. The van der Waals surface area contributed by atoms with E-state index in [0.717, 1.165) is 24.8 Å². The number of pyridine rings is 1. The lowest BCUT2D eigenvalue weighted by Crippen LogP contribution is -2.42. The number of aromatic nitrogens is 3. The fourth-order valence-electron chi connectivity index (χ4n) is 3.48. The zero-order chi connectivity index (χ0) is 18.1. The van der Waals surface area contributed by atoms with Gasteiger partial charge in [-0.25, -0.2) is 9.78 Å². The Hall–Kier alpha value is -3.15.